The monoisotopic (exact) mass is 282 g/mol. The van der Waals surface area contributed by atoms with Crippen molar-refractivity contribution in [2.45, 2.75) is 25.1 Å². The molecule has 0 aliphatic heterocycles. The topological polar surface area (TPSA) is 29.9 Å². The van der Waals surface area contributed by atoms with Crippen LogP contribution in [0.4, 0.5) is 0 Å². The largest absolute Gasteiger partial charge is 0.494 e. The Morgan fingerprint density at radius 2 is 2.28 bits per heavy atom. The lowest BCUT2D eigenvalue weighted by atomic mass is 10.2. The van der Waals surface area contributed by atoms with Gasteiger partial charge in [-0.15, -0.1) is 0 Å². The molecule has 1 aromatic carbocycles. The van der Waals surface area contributed by atoms with Gasteiger partial charge in [-0.05, 0) is 37.0 Å². The summed E-state index contributed by atoms with van der Waals surface area (Å²) in [5.74, 6) is 0.843. The van der Waals surface area contributed by atoms with Crippen molar-refractivity contribution in [3.05, 3.63) is 23.0 Å². The number of nitrogens with one attached hydrogen (secondary N) is 1. The molecule has 3 nitrogen and oxygen atoms in total. The zero-order valence-corrected chi connectivity index (χ0v) is 12.5. The van der Waals surface area contributed by atoms with E-state index in [0.717, 1.165) is 34.5 Å². The summed E-state index contributed by atoms with van der Waals surface area (Å²) in [5.41, 5.74) is 2.11. The average Bonchev–Trinajstić information content (AvgIpc) is 2.71. The molecule has 0 aliphatic rings. The summed E-state index contributed by atoms with van der Waals surface area (Å²) in [6, 6.07) is 6.02. The highest BCUT2D eigenvalue weighted by Gasteiger charge is 2.09. The van der Waals surface area contributed by atoms with Crippen molar-refractivity contribution in [1.82, 2.24) is 9.55 Å². The van der Waals surface area contributed by atoms with Crippen LogP contribution in [0.2, 0.25) is 0 Å². The number of rotatable bonds is 5. The van der Waals surface area contributed by atoms with E-state index >= 15 is 0 Å². The van der Waals surface area contributed by atoms with E-state index < -0.39 is 0 Å². The van der Waals surface area contributed by atoms with Gasteiger partial charge in [0.05, 0.1) is 12.6 Å². The molecule has 5 heteroatoms. The van der Waals surface area contributed by atoms with Crippen LogP contribution in [-0.2, 0) is 6.54 Å². The van der Waals surface area contributed by atoms with Crippen molar-refractivity contribution in [3.8, 4) is 5.75 Å². The normalized spacial score (nSPS) is 12.8. The molecule has 2 rings (SSSR count). The maximum absolute atomic E-state index is 5.39. The maximum Gasteiger partial charge on any atom is 0.178 e. The summed E-state index contributed by atoms with van der Waals surface area (Å²) in [7, 11) is 1.68. The van der Waals surface area contributed by atoms with Crippen molar-refractivity contribution >= 4 is 35.0 Å². The molecule has 1 unspecified atom stereocenters. The van der Waals surface area contributed by atoms with Gasteiger partial charge in [0, 0.05) is 11.8 Å². The smallest absolute Gasteiger partial charge is 0.178 e. The van der Waals surface area contributed by atoms with Crippen LogP contribution in [0.25, 0.3) is 11.0 Å². The fraction of sp³-hybridized carbons (Fsp3) is 0.462. The number of thioether (sulfide) groups is 1. The number of nitrogens with zero attached hydrogens (tertiary/aromatic N) is 1. The quantitative estimate of drug-likeness (QED) is 0.845. The predicted octanol–water partition coefficient (Wildman–Crippen LogP) is 3.85. The fourth-order valence-electron chi connectivity index (χ4n) is 1.97. The van der Waals surface area contributed by atoms with E-state index in [1.165, 1.54) is 0 Å². The van der Waals surface area contributed by atoms with E-state index in [2.05, 4.69) is 28.8 Å². The third kappa shape index (κ3) is 2.57. The van der Waals surface area contributed by atoms with E-state index in [0.29, 0.717) is 5.25 Å². The summed E-state index contributed by atoms with van der Waals surface area (Å²) in [4.78, 5) is 3.23. The number of ether oxygens (including phenoxy) is 1. The lowest BCUT2D eigenvalue weighted by Gasteiger charge is -2.09. The van der Waals surface area contributed by atoms with Crippen LogP contribution in [0.3, 0.4) is 0 Å². The summed E-state index contributed by atoms with van der Waals surface area (Å²) in [6.45, 7) is 3.18. The molecule has 1 N–H and O–H groups in total. The Morgan fingerprint density at radius 3 is 2.94 bits per heavy atom. The molecule has 18 heavy (non-hydrogen) atoms. The van der Waals surface area contributed by atoms with Gasteiger partial charge in [-0.3, -0.25) is 0 Å². The Kier molecular flexibility index (Phi) is 4.35. The van der Waals surface area contributed by atoms with Crippen LogP contribution < -0.4 is 4.74 Å². The number of para-hydroxylation sites is 1. The first-order valence-corrected chi connectivity index (χ1v) is 7.65. The second kappa shape index (κ2) is 5.80. The third-order valence-corrected chi connectivity index (χ3v) is 4.52. The van der Waals surface area contributed by atoms with Crippen LogP contribution in [0.5, 0.6) is 5.75 Å². The molecule has 0 amide bonds. The van der Waals surface area contributed by atoms with E-state index in [1.807, 2.05) is 23.9 Å². The lowest BCUT2D eigenvalue weighted by molar-refractivity contribution is 0.419. The molecule has 0 saturated heterocycles. The van der Waals surface area contributed by atoms with Crippen molar-refractivity contribution in [2.24, 2.45) is 0 Å². The number of aryl methyl sites for hydroxylation is 1. The number of hydrogen-bond acceptors (Lipinski definition) is 3. The number of methoxy groups -OCH3 is 1. The molecule has 0 spiro atoms. The first-order valence-electron chi connectivity index (χ1n) is 5.95. The molecule has 0 bridgehead atoms. The minimum absolute atomic E-state index is 0.641. The van der Waals surface area contributed by atoms with Crippen molar-refractivity contribution in [1.29, 1.82) is 0 Å². The highest BCUT2D eigenvalue weighted by Crippen LogP contribution is 2.25. The van der Waals surface area contributed by atoms with Crippen LogP contribution >= 0.6 is 24.0 Å². The molecule has 98 valence electrons. The molecule has 1 aromatic heterocycles. The van der Waals surface area contributed by atoms with E-state index in [-0.39, 0.29) is 0 Å². The number of imidazole rings is 1. The molecule has 0 aliphatic carbocycles. The van der Waals surface area contributed by atoms with Gasteiger partial charge in [-0.25, -0.2) is 0 Å². The van der Waals surface area contributed by atoms with E-state index in [9.17, 15) is 0 Å². The zero-order valence-electron chi connectivity index (χ0n) is 10.9. The van der Waals surface area contributed by atoms with Crippen molar-refractivity contribution < 1.29 is 4.74 Å². The Morgan fingerprint density at radius 1 is 1.50 bits per heavy atom. The van der Waals surface area contributed by atoms with E-state index in [1.54, 1.807) is 7.11 Å². The number of fused-ring (bicyclic) bond motifs is 1. The summed E-state index contributed by atoms with van der Waals surface area (Å²) in [5, 5.41) is 0.641. The minimum atomic E-state index is 0.641. The summed E-state index contributed by atoms with van der Waals surface area (Å²) in [6.07, 6.45) is 3.25. The summed E-state index contributed by atoms with van der Waals surface area (Å²) >= 11 is 7.28. The van der Waals surface area contributed by atoms with Crippen molar-refractivity contribution in [2.75, 3.05) is 13.4 Å². The number of benzene rings is 1. The second-order valence-corrected chi connectivity index (χ2v) is 5.93. The Bertz CT molecular complexity index is 588. The molecule has 1 heterocycles. The first-order chi connectivity index (χ1) is 8.67. The summed E-state index contributed by atoms with van der Waals surface area (Å²) < 4.78 is 8.27. The van der Waals surface area contributed by atoms with Gasteiger partial charge in [-0.1, -0.05) is 13.0 Å². The Labute approximate surface area is 117 Å². The number of aromatic amines is 1. The Balaban J connectivity index is 2.39. The van der Waals surface area contributed by atoms with Gasteiger partial charge in [0.2, 0.25) is 0 Å². The van der Waals surface area contributed by atoms with Gasteiger partial charge in [0.1, 0.15) is 11.3 Å². The minimum Gasteiger partial charge on any atom is -0.494 e. The lowest BCUT2D eigenvalue weighted by Crippen LogP contribution is -2.04. The van der Waals surface area contributed by atoms with Crippen LogP contribution in [-0.4, -0.2) is 28.2 Å². The molecule has 0 radical (unpaired) electrons. The first kappa shape index (κ1) is 13.5. The molecule has 0 saturated carbocycles. The fourth-order valence-corrected chi connectivity index (χ4v) is 2.61. The SMILES string of the molecule is COc1cccc2c1[nH]c(=S)n2CCC(C)SC. The van der Waals surface area contributed by atoms with E-state index in [4.69, 9.17) is 17.0 Å². The standard InChI is InChI=1S/C13H18N2OS2/c1-9(18-3)7-8-15-10-5-4-6-11(16-2)12(10)14-13(15)17/h4-6,9H,7-8H2,1-3H3,(H,14,17). The highest BCUT2D eigenvalue weighted by molar-refractivity contribution is 7.99. The van der Waals surface area contributed by atoms with Crippen LogP contribution in [0, 0.1) is 4.77 Å². The zero-order chi connectivity index (χ0) is 13.1. The van der Waals surface area contributed by atoms with Gasteiger partial charge in [0.15, 0.2) is 4.77 Å². The van der Waals surface area contributed by atoms with Gasteiger partial charge in [-0.2, -0.15) is 11.8 Å². The van der Waals surface area contributed by atoms with Crippen LogP contribution in [0.1, 0.15) is 13.3 Å². The molecule has 0 fully saturated rings. The molecule has 1 atom stereocenters. The maximum atomic E-state index is 5.39. The highest BCUT2D eigenvalue weighted by atomic mass is 32.2. The average molecular weight is 282 g/mol. The van der Waals surface area contributed by atoms with Crippen LogP contribution in [0.15, 0.2) is 18.2 Å². The molecule has 2 aromatic rings. The van der Waals surface area contributed by atoms with Gasteiger partial charge in [0.25, 0.3) is 0 Å². The number of hydrogen-bond donors (Lipinski definition) is 1. The predicted molar refractivity (Wildman–Crippen MR) is 81.3 cm³/mol. The number of H-pyrrole nitrogens is 1. The molecular formula is C13H18N2OS2. The second-order valence-electron chi connectivity index (χ2n) is 4.27. The van der Waals surface area contributed by atoms with Crippen molar-refractivity contribution in [3.63, 3.8) is 0 Å². The Hall–Kier alpha value is -0.940. The third-order valence-electron chi connectivity index (χ3n) is 3.15. The van der Waals surface area contributed by atoms with Gasteiger partial charge >= 0.3 is 0 Å². The number of aromatic nitrogens is 2. The molecular weight excluding hydrogens is 264 g/mol. The van der Waals surface area contributed by atoms with Gasteiger partial charge < -0.3 is 14.3 Å².